The second kappa shape index (κ2) is 5.72. The van der Waals surface area contributed by atoms with Gasteiger partial charge in [-0.1, -0.05) is 33.6 Å². The van der Waals surface area contributed by atoms with Crippen LogP contribution >= 0.6 is 27.5 Å². The molecule has 1 N–H and O–H groups in total. The van der Waals surface area contributed by atoms with Crippen molar-refractivity contribution in [3.05, 3.63) is 62.8 Å². The van der Waals surface area contributed by atoms with E-state index < -0.39 is 5.82 Å². The van der Waals surface area contributed by atoms with E-state index in [0.717, 1.165) is 10.0 Å². The molecule has 2 nitrogen and oxygen atoms in total. The van der Waals surface area contributed by atoms with E-state index in [0.29, 0.717) is 10.6 Å². The minimum Gasteiger partial charge on any atom is -0.319 e. The van der Waals surface area contributed by atoms with Crippen molar-refractivity contribution in [2.45, 2.75) is 6.92 Å². The molecule has 19 heavy (non-hydrogen) atoms. The van der Waals surface area contributed by atoms with Crippen LogP contribution in [0.25, 0.3) is 0 Å². The molecule has 0 atom stereocenters. The van der Waals surface area contributed by atoms with Gasteiger partial charge in [0.05, 0.1) is 5.69 Å². The lowest BCUT2D eigenvalue weighted by molar-refractivity contribution is 0.102. The number of nitrogens with one attached hydrogen (secondary N) is 1. The zero-order chi connectivity index (χ0) is 14.0. The van der Waals surface area contributed by atoms with E-state index in [4.69, 9.17) is 11.6 Å². The van der Waals surface area contributed by atoms with Crippen molar-refractivity contribution in [2.75, 3.05) is 5.32 Å². The molecule has 0 aliphatic heterocycles. The third-order valence-electron chi connectivity index (χ3n) is 2.61. The summed E-state index contributed by atoms with van der Waals surface area (Å²) in [7, 11) is 0. The Bertz CT molecular complexity index is 645. The van der Waals surface area contributed by atoms with E-state index in [-0.39, 0.29) is 11.6 Å². The molecule has 2 aromatic rings. The summed E-state index contributed by atoms with van der Waals surface area (Å²) < 4.78 is 14.3. The van der Waals surface area contributed by atoms with Gasteiger partial charge >= 0.3 is 0 Å². The number of hydrogen-bond donors (Lipinski definition) is 1. The van der Waals surface area contributed by atoms with Crippen LogP contribution in [-0.4, -0.2) is 5.91 Å². The minimum atomic E-state index is -0.524. The zero-order valence-corrected chi connectivity index (χ0v) is 12.3. The van der Waals surface area contributed by atoms with Crippen LogP contribution in [-0.2, 0) is 0 Å². The Kier molecular flexibility index (Phi) is 4.22. The van der Waals surface area contributed by atoms with E-state index in [1.807, 2.05) is 13.0 Å². The molecule has 0 fully saturated rings. The molecule has 0 unspecified atom stereocenters. The highest BCUT2D eigenvalue weighted by Gasteiger charge is 2.10. The highest BCUT2D eigenvalue weighted by Crippen LogP contribution is 2.22. The Labute approximate surface area is 123 Å². The van der Waals surface area contributed by atoms with Crippen LogP contribution in [0.2, 0.25) is 5.02 Å². The smallest absolute Gasteiger partial charge is 0.255 e. The molecular weight excluding hydrogens is 333 g/mol. The summed E-state index contributed by atoms with van der Waals surface area (Å²) in [5.41, 5.74) is 1.52. The molecule has 2 aromatic carbocycles. The van der Waals surface area contributed by atoms with Crippen molar-refractivity contribution in [2.24, 2.45) is 0 Å². The average molecular weight is 343 g/mol. The first kappa shape index (κ1) is 14.0. The van der Waals surface area contributed by atoms with Crippen LogP contribution in [0.1, 0.15) is 15.9 Å². The molecular formula is C14H10BrClFNO. The van der Waals surface area contributed by atoms with E-state index in [1.165, 1.54) is 18.2 Å². The van der Waals surface area contributed by atoms with Gasteiger partial charge in [-0.05, 0) is 42.8 Å². The maximum Gasteiger partial charge on any atom is 0.255 e. The van der Waals surface area contributed by atoms with Gasteiger partial charge in [0, 0.05) is 15.1 Å². The van der Waals surface area contributed by atoms with Crippen molar-refractivity contribution < 1.29 is 9.18 Å². The van der Waals surface area contributed by atoms with Crippen LogP contribution in [0.5, 0.6) is 0 Å². The Balaban J connectivity index is 2.25. The lowest BCUT2D eigenvalue weighted by atomic mass is 10.1. The normalized spacial score (nSPS) is 10.3. The summed E-state index contributed by atoms with van der Waals surface area (Å²) in [5, 5.41) is 2.86. The standard InChI is InChI=1S/C14H10BrClFNO/c1-8-2-3-9(6-11(8)15)14(19)18-13-7-10(16)4-5-12(13)17/h2-7H,1H3,(H,18,19). The number of hydrogen-bond acceptors (Lipinski definition) is 1. The van der Waals surface area contributed by atoms with Gasteiger partial charge in [-0.15, -0.1) is 0 Å². The number of carbonyl (C=O) groups is 1. The summed E-state index contributed by atoms with van der Waals surface area (Å²) in [6.07, 6.45) is 0. The lowest BCUT2D eigenvalue weighted by Gasteiger charge is -2.08. The predicted molar refractivity (Wildman–Crippen MR) is 78.2 cm³/mol. The summed E-state index contributed by atoms with van der Waals surface area (Å²) in [4.78, 5) is 12.0. The van der Waals surface area contributed by atoms with E-state index in [1.54, 1.807) is 12.1 Å². The van der Waals surface area contributed by atoms with Crippen LogP contribution in [0.3, 0.4) is 0 Å². The van der Waals surface area contributed by atoms with Crippen molar-refractivity contribution in [1.29, 1.82) is 0 Å². The molecule has 0 saturated carbocycles. The first-order chi connectivity index (χ1) is 8.97. The average Bonchev–Trinajstić information content (AvgIpc) is 2.37. The van der Waals surface area contributed by atoms with Gasteiger partial charge in [-0.2, -0.15) is 0 Å². The van der Waals surface area contributed by atoms with E-state index in [2.05, 4.69) is 21.2 Å². The molecule has 1 amide bonds. The van der Waals surface area contributed by atoms with Gasteiger partial charge in [0.1, 0.15) is 5.82 Å². The molecule has 0 saturated heterocycles. The SMILES string of the molecule is Cc1ccc(C(=O)Nc2cc(Cl)ccc2F)cc1Br. The molecule has 0 aliphatic carbocycles. The molecule has 0 radical (unpaired) electrons. The van der Waals surface area contributed by atoms with Crippen LogP contribution < -0.4 is 5.32 Å². The van der Waals surface area contributed by atoms with Gasteiger partial charge in [0.25, 0.3) is 5.91 Å². The van der Waals surface area contributed by atoms with Gasteiger partial charge in [0.15, 0.2) is 0 Å². The van der Waals surface area contributed by atoms with Crippen molar-refractivity contribution in [1.82, 2.24) is 0 Å². The Morgan fingerprint density at radius 3 is 2.68 bits per heavy atom. The van der Waals surface area contributed by atoms with Crippen LogP contribution in [0.15, 0.2) is 40.9 Å². The molecule has 0 aromatic heterocycles. The van der Waals surface area contributed by atoms with Crippen LogP contribution in [0.4, 0.5) is 10.1 Å². The predicted octanol–water partition coefficient (Wildman–Crippen LogP) is 4.80. The molecule has 98 valence electrons. The number of carbonyl (C=O) groups excluding carboxylic acids is 1. The number of amides is 1. The van der Waals surface area contributed by atoms with Crippen molar-refractivity contribution in [3.63, 3.8) is 0 Å². The second-order valence-corrected chi connectivity index (χ2v) is 5.33. The Morgan fingerprint density at radius 2 is 2.00 bits per heavy atom. The fraction of sp³-hybridized carbons (Fsp3) is 0.0714. The summed E-state index contributed by atoms with van der Waals surface area (Å²) >= 11 is 9.12. The topological polar surface area (TPSA) is 29.1 Å². The zero-order valence-electron chi connectivity index (χ0n) is 10.0. The van der Waals surface area contributed by atoms with Crippen LogP contribution in [0, 0.1) is 12.7 Å². The molecule has 2 rings (SSSR count). The molecule has 5 heteroatoms. The Morgan fingerprint density at radius 1 is 1.26 bits per heavy atom. The maximum absolute atomic E-state index is 13.5. The number of benzene rings is 2. The maximum atomic E-state index is 13.5. The monoisotopic (exact) mass is 341 g/mol. The largest absolute Gasteiger partial charge is 0.319 e. The number of halogens is 3. The van der Waals surface area contributed by atoms with E-state index in [9.17, 15) is 9.18 Å². The van der Waals surface area contributed by atoms with Gasteiger partial charge in [-0.3, -0.25) is 4.79 Å². The first-order valence-electron chi connectivity index (χ1n) is 5.50. The fourth-order valence-corrected chi connectivity index (χ4v) is 2.07. The van der Waals surface area contributed by atoms with Gasteiger partial charge in [0.2, 0.25) is 0 Å². The fourth-order valence-electron chi connectivity index (χ4n) is 1.52. The quantitative estimate of drug-likeness (QED) is 0.834. The highest BCUT2D eigenvalue weighted by molar-refractivity contribution is 9.10. The third kappa shape index (κ3) is 3.33. The Hall–Kier alpha value is -1.39. The minimum absolute atomic E-state index is 0.0641. The number of anilines is 1. The number of rotatable bonds is 2. The molecule has 0 bridgehead atoms. The molecule has 0 heterocycles. The summed E-state index contributed by atoms with van der Waals surface area (Å²) in [6.45, 7) is 1.92. The number of aryl methyl sites for hydroxylation is 1. The van der Waals surface area contributed by atoms with Gasteiger partial charge in [-0.25, -0.2) is 4.39 Å². The molecule has 0 spiro atoms. The third-order valence-corrected chi connectivity index (χ3v) is 3.70. The lowest BCUT2D eigenvalue weighted by Crippen LogP contribution is -2.13. The van der Waals surface area contributed by atoms with E-state index >= 15 is 0 Å². The highest BCUT2D eigenvalue weighted by atomic mass is 79.9. The first-order valence-corrected chi connectivity index (χ1v) is 6.67. The van der Waals surface area contributed by atoms with Crippen molar-refractivity contribution >= 4 is 39.1 Å². The molecule has 0 aliphatic rings. The summed E-state index contributed by atoms with van der Waals surface area (Å²) in [5.74, 6) is -0.911. The second-order valence-electron chi connectivity index (χ2n) is 4.04. The summed E-state index contributed by atoms with van der Waals surface area (Å²) in [6, 6.07) is 9.19. The van der Waals surface area contributed by atoms with Gasteiger partial charge < -0.3 is 5.32 Å². The van der Waals surface area contributed by atoms with Crippen molar-refractivity contribution in [3.8, 4) is 0 Å².